The number of nitrogens with one attached hydrogen (secondary N) is 2. The fraction of sp³-hybridized carbons (Fsp3) is 0.278. The maximum Gasteiger partial charge on any atom is 0.319 e. The number of amides is 2. The summed E-state index contributed by atoms with van der Waals surface area (Å²) in [6.45, 7) is 5.57. The number of carbonyl (C=O) groups excluding carboxylic acids is 1. The molecule has 2 aromatic heterocycles. The van der Waals surface area contributed by atoms with Crippen LogP contribution in [-0.4, -0.2) is 20.6 Å². The molecule has 0 fully saturated rings. The van der Waals surface area contributed by atoms with E-state index in [1.807, 2.05) is 30.5 Å². The molecule has 3 rings (SSSR count). The van der Waals surface area contributed by atoms with Gasteiger partial charge in [0.25, 0.3) is 0 Å². The van der Waals surface area contributed by atoms with Crippen molar-refractivity contribution in [3.05, 3.63) is 54.9 Å². The molecule has 0 aliphatic heterocycles. The van der Waals surface area contributed by atoms with E-state index in [2.05, 4.69) is 39.0 Å². The Kier molecular flexibility index (Phi) is 4.74. The van der Waals surface area contributed by atoms with Crippen LogP contribution >= 0.6 is 0 Å². The minimum Gasteiger partial charge on any atom is -0.333 e. The fourth-order valence-corrected chi connectivity index (χ4v) is 2.62. The van der Waals surface area contributed by atoms with Crippen LogP contribution in [0.5, 0.6) is 0 Å². The Morgan fingerprint density at radius 1 is 1.25 bits per heavy atom. The van der Waals surface area contributed by atoms with E-state index in [1.165, 1.54) is 0 Å². The number of imidazole rings is 1. The normalized spacial score (nSPS) is 11.0. The average molecular weight is 323 g/mol. The standard InChI is InChI=1S/C18H21N5O/c1-13(2)12-23-9-8-20-17(23)11-21-18(24)22-16-5-3-4-14-10-19-7-6-15(14)16/h3-10,13H,11-12H2,1-2H3,(H2,21,22,24). The van der Waals surface area contributed by atoms with Gasteiger partial charge in [-0.15, -0.1) is 0 Å². The van der Waals surface area contributed by atoms with Gasteiger partial charge >= 0.3 is 6.03 Å². The fourth-order valence-electron chi connectivity index (χ4n) is 2.62. The minimum absolute atomic E-state index is 0.251. The number of nitrogens with zero attached hydrogens (tertiary/aromatic N) is 3. The van der Waals surface area contributed by atoms with Gasteiger partial charge in [0, 0.05) is 42.1 Å². The molecule has 0 saturated heterocycles. The highest BCUT2D eigenvalue weighted by atomic mass is 16.2. The van der Waals surface area contributed by atoms with Crippen LogP contribution in [-0.2, 0) is 13.1 Å². The maximum absolute atomic E-state index is 12.2. The van der Waals surface area contributed by atoms with E-state index >= 15 is 0 Å². The number of carbonyl (C=O) groups is 1. The average Bonchev–Trinajstić information content (AvgIpc) is 3.00. The van der Waals surface area contributed by atoms with Crippen LogP contribution in [0.25, 0.3) is 10.8 Å². The third-order valence-corrected chi connectivity index (χ3v) is 3.70. The molecule has 0 bridgehead atoms. The van der Waals surface area contributed by atoms with Gasteiger partial charge in [0.15, 0.2) is 0 Å². The van der Waals surface area contributed by atoms with Gasteiger partial charge in [-0.05, 0) is 18.1 Å². The minimum atomic E-state index is -0.251. The molecule has 6 heteroatoms. The Labute approximate surface area is 140 Å². The van der Waals surface area contributed by atoms with Gasteiger partial charge in [-0.3, -0.25) is 4.98 Å². The van der Waals surface area contributed by atoms with Gasteiger partial charge in [-0.2, -0.15) is 0 Å². The first kappa shape index (κ1) is 16.0. The topological polar surface area (TPSA) is 71.8 Å². The number of urea groups is 1. The molecule has 0 aliphatic carbocycles. The van der Waals surface area contributed by atoms with Crippen LogP contribution in [0.4, 0.5) is 10.5 Å². The Bertz CT molecular complexity index is 835. The van der Waals surface area contributed by atoms with Crippen LogP contribution in [0.2, 0.25) is 0 Å². The lowest BCUT2D eigenvalue weighted by atomic mass is 10.1. The number of anilines is 1. The summed E-state index contributed by atoms with van der Waals surface area (Å²) in [5, 5.41) is 7.71. The number of rotatable bonds is 5. The molecule has 0 aliphatic rings. The largest absolute Gasteiger partial charge is 0.333 e. The lowest BCUT2D eigenvalue weighted by Crippen LogP contribution is -2.29. The van der Waals surface area contributed by atoms with Crippen molar-refractivity contribution in [2.45, 2.75) is 26.9 Å². The van der Waals surface area contributed by atoms with Crippen LogP contribution in [0, 0.1) is 5.92 Å². The van der Waals surface area contributed by atoms with Gasteiger partial charge in [-0.25, -0.2) is 9.78 Å². The van der Waals surface area contributed by atoms with Crippen molar-refractivity contribution < 1.29 is 4.79 Å². The lowest BCUT2D eigenvalue weighted by molar-refractivity contribution is 0.251. The van der Waals surface area contributed by atoms with Crippen LogP contribution in [0.1, 0.15) is 19.7 Å². The maximum atomic E-state index is 12.2. The molecule has 2 heterocycles. The van der Waals surface area contributed by atoms with Crippen molar-refractivity contribution in [1.82, 2.24) is 19.9 Å². The van der Waals surface area contributed by atoms with Crippen molar-refractivity contribution in [3.8, 4) is 0 Å². The highest BCUT2D eigenvalue weighted by Crippen LogP contribution is 2.21. The van der Waals surface area contributed by atoms with Gasteiger partial charge in [0.1, 0.15) is 5.82 Å². The van der Waals surface area contributed by atoms with E-state index in [1.54, 1.807) is 18.6 Å². The molecule has 0 saturated carbocycles. The summed E-state index contributed by atoms with van der Waals surface area (Å²) < 4.78 is 2.06. The van der Waals surface area contributed by atoms with Crippen molar-refractivity contribution >= 4 is 22.5 Å². The summed E-state index contributed by atoms with van der Waals surface area (Å²) in [4.78, 5) is 20.6. The second-order valence-electron chi connectivity index (χ2n) is 6.10. The van der Waals surface area contributed by atoms with Crippen LogP contribution in [0.15, 0.2) is 49.1 Å². The van der Waals surface area contributed by atoms with Crippen molar-refractivity contribution in [1.29, 1.82) is 0 Å². The summed E-state index contributed by atoms with van der Waals surface area (Å²) >= 11 is 0. The second kappa shape index (κ2) is 7.12. The van der Waals surface area contributed by atoms with Gasteiger partial charge in [-0.1, -0.05) is 26.0 Å². The number of aromatic nitrogens is 3. The molecule has 3 aromatic rings. The molecular formula is C18H21N5O. The predicted molar refractivity (Wildman–Crippen MR) is 94.7 cm³/mol. The zero-order valence-electron chi connectivity index (χ0n) is 13.9. The summed E-state index contributed by atoms with van der Waals surface area (Å²) in [6, 6.07) is 7.38. The lowest BCUT2D eigenvalue weighted by Gasteiger charge is -2.12. The van der Waals surface area contributed by atoms with E-state index < -0.39 is 0 Å². The summed E-state index contributed by atoms with van der Waals surface area (Å²) in [5.41, 5.74) is 0.762. The second-order valence-corrected chi connectivity index (χ2v) is 6.10. The Balaban J connectivity index is 1.65. The first-order chi connectivity index (χ1) is 11.6. The molecule has 0 unspecified atom stereocenters. The monoisotopic (exact) mass is 323 g/mol. The zero-order chi connectivity index (χ0) is 16.9. The first-order valence-corrected chi connectivity index (χ1v) is 8.01. The SMILES string of the molecule is CC(C)Cn1ccnc1CNC(=O)Nc1cccc2cnccc12. The van der Waals surface area contributed by atoms with Crippen molar-refractivity contribution in [2.75, 3.05) is 5.32 Å². The molecule has 0 spiro atoms. The summed E-state index contributed by atoms with van der Waals surface area (Å²) in [7, 11) is 0. The molecule has 0 radical (unpaired) electrons. The highest BCUT2D eigenvalue weighted by Gasteiger charge is 2.08. The molecular weight excluding hydrogens is 302 g/mol. The Morgan fingerprint density at radius 3 is 2.96 bits per heavy atom. The van der Waals surface area contributed by atoms with E-state index in [9.17, 15) is 4.79 Å². The molecule has 124 valence electrons. The molecule has 6 nitrogen and oxygen atoms in total. The molecule has 1 aromatic carbocycles. The summed E-state index contributed by atoms with van der Waals surface area (Å²) in [5.74, 6) is 1.37. The third-order valence-electron chi connectivity index (χ3n) is 3.70. The smallest absolute Gasteiger partial charge is 0.319 e. The zero-order valence-corrected chi connectivity index (χ0v) is 13.9. The molecule has 2 N–H and O–H groups in total. The number of hydrogen-bond donors (Lipinski definition) is 2. The highest BCUT2D eigenvalue weighted by molar-refractivity contribution is 6.01. The van der Waals surface area contributed by atoms with E-state index in [-0.39, 0.29) is 6.03 Å². The van der Waals surface area contributed by atoms with Gasteiger partial charge in [0.2, 0.25) is 0 Å². The first-order valence-electron chi connectivity index (χ1n) is 8.01. The van der Waals surface area contributed by atoms with Crippen LogP contribution in [0.3, 0.4) is 0 Å². The van der Waals surface area contributed by atoms with Gasteiger partial charge < -0.3 is 15.2 Å². The Morgan fingerprint density at radius 2 is 2.12 bits per heavy atom. The van der Waals surface area contributed by atoms with E-state index in [4.69, 9.17) is 0 Å². The summed E-state index contributed by atoms with van der Waals surface area (Å²) in [6.07, 6.45) is 7.19. The van der Waals surface area contributed by atoms with Crippen LogP contribution < -0.4 is 10.6 Å². The third kappa shape index (κ3) is 3.71. The number of hydrogen-bond acceptors (Lipinski definition) is 3. The number of benzene rings is 1. The molecule has 24 heavy (non-hydrogen) atoms. The predicted octanol–water partition coefficient (Wildman–Crippen LogP) is 3.41. The van der Waals surface area contributed by atoms with Crippen molar-refractivity contribution in [2.24, 2.45) is 5.92 Å². The van der Waals surface area contributed by atoms with Crippen molar-refractivity contribution in [3.63, 3.8) is 0 Å². The van der Waals surface area contributed by atoms with Gasteiger partial charge in [0.05, 0.1) is 12.2 Å². The van der Waals surface area contributed by atoms with E-state index in [0.29, 0.717) is 12.5 Å². The molecule has 0 atom stereocenters. The Hall–Kier alpha value is -2.89. The number of fused-ring (bicyclic) bond motifs is 1. The molecule has 2 amide bonds. The quantitative estimate of drug-likeness (QED) is 0.756. The number of pyridine rings is 1. The van der Waals surface area contributed by atoms with E-state index in [0.717, 1.165) is 28.8 Å².